The van der Waals surface area contributed by atoms with Crippen molar-refractivity contribution in [2.45, 2.75) is 44.5 Å². The Hall–Kier alpha value is -1.76. The van der Waals surface area contributed by atoms with E-state index in [0.717, 1.165) is 32.6 Å². The summed E-state index contributed by atoms with van der Waals surface area (Å²) in [5, 5.41) is 14.8. The average molecular weight is 343 g/mol. The van der Waals surface area contributed by atoms with E-state index >= 15 is 0 Å². The van der Waals surface area contributed by atoms with Crippen molar-refractivity contribution in [1.29, 1.82) is 0 Å². The lowest BCUT2D eigenvalue weighted by molar-refractivity contribution is 0.0421. The van der Waals surface area contributed by atoms with Crippen LogP contribution in [0.15, 0.2) is 43.0 Å². The van der Waals surface area contributed by atoms with E-state index in [-0.39, 0.29) is 6.10 Å². The van der Waals surface area contributed by atoms with Gasteiger partial charge in [0.15, 0.2) is 0 Å². The van der Waals surface area contributed by atoms with Crippen molar-refractivity contribution in [2.75, 3.05) is 26.7 Å². The number of likely N-dealkylation sites (tertiary alicyclic amines) is 1. The van der Waals surface area contributed by atoms with E-state index in [0.29, 0.717) is 12.6 Å². The first-order valence-electron chi connectivity index (χ1n) is 9.17. The van der Waals surface area contributed by atoms with Crippen LogP contribution in [0.5, 0.6) is 0 Å². The Bertz CT molecular complexity index is 604. The quantitative estimate of drug-likeness (QED) is 0.789. The molecule has 0 aliphatic carbocycles. The Balaban J connectivity index is 1.48. The van der Waals surface area contributed by atoms with Gasteiger partial charge in [0.25, 0.3) is 0 Å². The van der Waals surface area contributed by atoms with Gasteiger partial charge in [-0.1, -0.05) is 36.8 Å². The van der Waals surface area contributed by atoms with E-state index in [9.17, 15) is 5.11 Å². The highest BCUT2D eigenvalue weighted by molar-refractivity contribution is 5.14. The molecule has 0 bridgehead atoms. The highest BCUT2D eigenvalue weighted by atomic mass is 16.3. The molecule has 1 fully saturated rings. The van der Waals surface area contributed by atoms with Crippen molar-refractivity contribution in [1.82, 2.24) is 24.6 Å². The first kappa shape index (κ1) is 18.0. The van der Waals surface area contributed by atoms with Crippen LogP contribution in [0.4, 0.5) is 0 Å². The van der Waals surface area contributed by atoms with Crippen LogP contribution < -0.4 is 0 Å². The van der Waals surface area contributed by atoms with E-state index in [1.54, 1.807) is 12.7 Å². The number of aliphatic hydroxyl groups is 1. The largest absolute Gasteiger partial charge is 0.390 e. The van der Waals surface area contributed by atoms with Crippen molar-refractivity contribution in [2.24, 2.45) is 0 Å². The van der Waals surface area contributed by atoms with Gasteiger partial charge in [0, 0.05) is 25.7 Å². The summed E-state index contributed by atoms with van der Waals surface area (Å²) in [5.74, 6) is 0. The third-order valence-electron chi connectivity index (χ3n) is 4.88. The van der Waals surface area contributed by atoms with Crippen LogP contribution in [0.2, 0.25) is 0 Å². The molecule has 6 nitrogen and oxygen atoms in total. The lowest BCUT2D eigenvalue weighted by Crippen LogP contribution is -2.47. The molecule has 0 radical (unpaired) electrons. The summed E-state index contributed by atoms with van der Waals surface area (Å²) < 4.78 is 1.90. The van der Waals surface area contributed by atoms with Crippen molar-refractivity contribution < 1.29 is 5.11 Å². The van der Waals surface area contributed by atoms with Crippen molar-refractivity contribution in [3.8, 4) is 0 Å². The third-order valence-corrected chi connectivity index (χ3v) is 4.88. The number of hydrogen-bond donors (Lipinski definition) is 1. The molecule has 6 heteroatoms. The molecule has 1 aromatic carbocycles. The van der Waals surface area contributed by atoms with Crippen LogP contribution in [0, 0.1) is 0 Å². The second-order valence-corrected chi connectivity index (χ2v) is 7.10. The molecular weight excluding hydrogens is 314 g/mol. The van der Waals surface area contributed by atoms with Gasteiger partial charge in [0.05, 0.1) is 12.6 Å². The Morgan fingerprint density at radius 1 is 1.28 bits per heavy atom. The fraction of sp³-hybridized carbons (Fsp3) is 0.579. The lowest BCUT2D eigenvalue weighted by atomic mass is 10.0. The third kappa shape index (κ3) is 5.63. The van der Waals surface area contributed by atoms with Crippen LogP contribution in [0.1, 0.15) is 24.8 Å². The van der Waals surface area contributed by atoms with Crippen LogP contribution in [-0.4, -0.2) is 68.5 Å². The van der Waals surface area contributed by atoms with E-state index in [4.69, 9.17) is 0 Å². The van der Waals surface area contributed by atoms with Gasteiger partial charge >= 0.3 is 0 Å². The van der Waals surface area contributed by atoms with Crippen molar-refractivity contribution in [3.63, 3.8) is 0 Å². The maximum atomic E-state index is 10.6. The first-order valence-corrected chi connectivity index (χ1v) is 9.17. The number of β-amino-alcohol motifs (C(OH)–C–C–N with tert-alkyl or cyclic N) is 1. The summed E-state index contributed by atoms with van der Waals surface area (Å²) in [6, 6.07) is 10.8. The molecule has 1 N–H and O–H groups in total. The normalized spacial score (nSPS) is 20.0. The van der Waals surface area contributed by atoms with Gasteiger partial charge in [-0.15, -0.1) is 0 Å². The predicted molar refractivity (Wildman–Crippen MR) is 98.0 cm³/mol. The fourth-order valence-corrected chi connectivity index (χ4v) is 3.70. The monoisotopic (exact) mass is 343 g/mol. The second-order valence-electron chi connectivity index (χ2n) is 7.10. The molecule has 0 unspecified atom stereocenters. The van der Waals surface area contributed by atoms with Gasteiger partial charge in [-0.3, -0.25) is 14.5 Å². The van der Waals surface area contributed by atoms with Crippen LogP contribution >= 0.6 is 0 Å². The summed E-state index contributed by atoms with van der Waals surface area (Å²) >= 11 is 0. The molecular formula is C19H29N5O. The van der Waals surface area contributed by atoms with Gasteiger partial charge in [0.2, 0.25) is 0 Å². The molecule has 2 heterocycles. The summed E-state index contributed by atoms with van der Waals surface area (Å²) in [4.78, 5) is 8.64. The minimum absolute atomic E-state index is 0.343. The highest BCUT2D eigenvalue weighted by Crippen LogP contribution is 2.19. The zero-order valence-electron chi connectivity index (χ0n) is 15.0. The Labute approximate surface area is 150 Å². The number of rotatable bonds is 8. The number of likely N-dealkylation sites (N-methyl/N-ethyl adjacent to an activating group) is 1. The zero-order valence-corrected chi connectivity index (χ0v) is 15.0. The number of nitrogens with zero attached hydrogens (tertiary/aromatic N) is 5. The molecule has 2 aromatic rings. The van der Waals surface area contributed by atoms with Gasteiger partial charge in [-0.05, 0) is 32.0 Å². The minimum Gasteiger partial charge on any atom is -0.390 e. The van der Waals surface area contributed by atoms with E-state index in [2.05, 4.69) is 51.2 Å². The lowest BCUT2D eigenvalue weighted by Gasteiger charge is -2.37. The molecule has 25 heavy (non-hydrogen) atoms. The molecule has 0 amide bonds. The zero-order chi connectivity index (χ0) is 17.5. The number of aromatic nitrogens is 3. The molecule has 2 atom stereocenters. The molecule has 1 aliphatic heterocycles. The number of hydrogen-bond acceptors (Lipinski definition) is 5. The van der Waals surface area contributed by atoms with E-state index < -0.39 is 0 Å². The van der Waals surface area contributed by atoms with Gasteiger partial charge in [-0.25, -0.2) is 4.98 Å². The molecule has 1 aliphatic rings. The van der Waals surface area contributed by atoms with Crippen molar-refractivity contribution >= 4 is 0 Å². The van der Waals surface area contributed by atoms with Gasteiger partial charge in [0.1, 0.15) is 12.7 Å². The standard InChI is InChI=1S/C19H29N5O/c1-22(11-17-7-3-2-4-8-17)13-19(25)14-23-10-6-5-9-18(23)12-24-16-20-15-21-24/h2-4,7-8,15-16,18-19,25H,5-6,9-14H2,1H3/t18-,19-/m0/s1. The summed E-state index contributed by atoms with van der Waals surface area (Å²) in [7, 11) is 2.07. The maximum absolute atomic E-state index is 10.6. The summed E-state index contributed by atoms with van der Waals surface area (Å²) in [6.07, 6.45) is 6.63. The Kier molecular flexibility index (Phi) is 6.55. The van der Waals surface area contributed by atoms with E-state index in [1.807, 2.05) is 10.7 Å². The SMILES string of the molecule is CN(Cc1ccccc1)C[C@H](O)CN1CCCC[C@H]1Cn1cncn1. The molecule has 3 rings (SSSR count). The Morgan fingerprint density at radius 3 is 2.88 bits per heavy atom. The number of benzene rings is 1. The molecule has 136 valence electrons. The predicted octanol–water partition coefficient (Wildman–Crippen LogP) is 1.63. The maximum Gasteiger partial charge on any atom is 0.137 e. The van der Waals surface area contributed by atoms with Crippen LogP contribution in [0.25, 0.3) is 0 Å². The Morgan fingerprint density at radius 2 is 2.12 bits per heavy atom. The molecule has 0 saturated carbocycles. The molecule has 0 spiro atoms. The topological polar surface area (TPSA) is 57.4 Å². The average Bonchev–Trinajstić information content (AvgIpc) is 3.10. The van der Waals surface area contributed by atoms with Crippen LogP contribution in [-0.2, 0) is 13.1 Å². The first-order chi connectivity index (χ1) is 12.2. The minimum atomic E-state index is -0.343. The highest BCUT2D eigenvalue weighted by Gasteiger charge is 2.25. The second kappa shape index (κ2) is 9.08. The fourth-order valence-electron chi connectivity index (χ4n) is 3.70. The van der Waals surface area contributed by atoms with Crippen molar-refractivity contribution in [3.05, 3.63) is 48.5 Å². The number of aliphatic hydroxyl groups excluding tert-OH is 1. The summed E-state index contributed by atoms with van der Waals surface area (Å²) in [6.45, 7) is 4.17. The number of piperidine rings is 1. The van der Waals surface area contributed by atoms with Crippen LogP contribution in [0.3, 0.4) is 0 Å². The molecule has 1 aromatic heterocycles. The molecule has 1 saturated heterocycles. The smallest absolute Gasteiger partial charge is 0.137 e. The van der Waals surface area contributed by atoms with E-state index in [1.165, 1.54) is 18.4 Å². The summed E-state index contributed by atoms with van der Waals surface area (Å²) in [5.41, 5.74) is 1.28. The van der Waals surface area contributed by atoms with Gasteiger partial charge in [-0.2, -0.15) is 5.10 Å². The van der Waals surface area contributed by atoms with Gasteiger partial charge < -0.3 is 5.11 Å².